The number of rotatable bonds is 5. The monoisotopic (exact) mass is 451 g/mol. The van der Waals surface area contributed by atoms with Crippen molar-refractivity contribution >= 4 is 22.4 Å². The van der Waals surface area contributed by atoms with Gasteiger partial charge in [0.25, 0.3) is 5.56 Å². The fraction of sp³-hybridized carbons (Fsp3) is 0.522. The Bertz CT molecular complexity index is 1180. The maximum absolute atomic E-state index is 11.9. The molecule has 10 nitrogen and oxygen atoms in total. The van der Waals surface area contributed by atoms with Crippen molar-refractivity contribution in [3.8, 4) is 0 Å². The highest BCUT2D eigenvalue weighted by Crippen LogP contribution is 2.33. The predicted molar refractivity (Wildman–Crippen MR) is 124 cm³/mol. The zero-order valence-electron chi connectivity index (χ0n) is 18.8. The van der Waals surface area contributed by atoms with E-state index in [0.29, 0.717) is 18.8 Å². The van der Waals surface area contributed by atoms with Crippen molar-refractivity contribution in [2.45, 2.75) is 32.4 Å². The van der Waals surface area contributed by atoms with E-state index >= 15 is 0 Å². The molecular formula is C23H29N7O3. The van der Waals surface area contributed by atoms with Crippen LogP contribution in [0.25, 0.3) is 10.9 Å². The number of hydrogen-bond donors (Lipinski definition) is 1. The molecule has 0 spiro atoms. The topological polar surface area (TPSA) is 110 Å². The number of piperidine rings is 1. The van der Waals surface area contributed by atoms with Crippen LogP contribution in [0.4, 0.5) is 11.5 Å². The number of anilines is 2. The number of aliphatic hydroxyl groups excluding tert-OH is 1. The number of ether oxygens (including phenoxy) is 1. The summed E-state index contributed by atoms with van der Waals surface area (Å²) in [6.45, 7) is 6.99. The molecule has 1 aromatic carbocycles. The van der Waals surface area contributed by atoms with Crippen LogP contribution in [0, 0.1) is 5.92 Å². The van der Waals surface area contributed by atoms with Crippen molar-refractivity contribution in [3.63, 3.8) is 0 Å². The van der Waals surface area contributed by atoms with Crippen LogP contribution in [0.3, 0.4) is 0 Å². The number of nitrogens with zero attached hydrogens (tertiary/aromatic N) is 7. The maximum atomic E-state index is 11.9. The zero-order valence-corrected chi connectivity index (χ0v) is 18.8. The van der Waals surface area contributed by atoms with Gasteiger partial charge in [-0.15, -0.1) is 10.2 Å². The fourth-order valence-electron chi connectivity index (χ4n) is 4.76. The van der Waals surface area contributed by atoms with Crippen LogP contribution in [0.1, 0.15) is 31.6 Å². The lowest BCUT2D eigenvalue weighted by atomic mass is 9.90. The van der Waals surface area contributed by atoms with E-state index in [4.69, 9.17) is 4.74 Å². The van der Waals surface area contributed by atoms with E-state index in [2.05, 4.69) is 48.5 Å². The summed E-state index contributed by atoms with van der Waals surface area (Å²) >= 11 is 0. The number of aromatic nitrogens is 5. The van der Waals surface area contributed by atoms with Crippen molar-refractivity contribution in [2.24, 2.45) is 5.92 Å². The lowest BCUT2D eigenvalue weighted by molar-refractivity contribution is 0.0920. The summed E-state index contributed by atoms with van der Waals surface area (Å²) in [4.78, 5) is 16.3. The zero-order chi connectivity index (χ0) is 22.8. The van der Waals surface area contributed by atoms with Gasteiger partial charge in [0.05, 0.1) is 18.9 Å². The van der Waals surface area contributed by atoms with Crippen LogP contribution in [0.15, 0.2) is 35.1 Å². The minimum Gasteiger partial charge on any atom is -0.386 e. The Morgan fingerprint density at radius 3 is 2.79 bits per heavy atom. The van der Waals surface area contributed by atoms with Gasteiger partial charge < -0.3 is 19.6 Å². The SMILES string of the molecule is CCn1nc(C(O)[C@H]2CCCN(c3nnnc4cc(N5CCOCC5)ccc34)C2)ccc1=O. The number of morpholine rings is 1. The normalized spacial score (nSPS) is 20.2. The second-order valence-electron chi connectivity index (χ2n) is 8.62. The van der Waals surface area contributed by atoms with Crippen LogP contribution in [0.5, 0.6) is 0 Å². The fourth-order valence-corrected chi connectivity index (χ4v) is 4.76. The molecule has 1 N–H and O–H groups in total. The van der Waals surface area contributed by atoms with Gasteiger partial charge in [-0.1, -0.05) is 0 Å². The quantitative estimate of drug-likeness (QED) is 0.615. The highest BCUT2D eigenvalue weighted by Gasteiger charge is 2.30. The average Bonchev–Trinajstić information content (AvgIpc) is 2.88. The van der Waals surface area contributed by atoms with Crippen molar-refractivity contribution in [1.29, 1.82) is 0 Å². The number of aryl methyl sites for hydroxylation is 1. The number of hydrogen-bond acceptors (Lipinski definition) is 9. The molecular weight excluding hydrogens is 422 g/mol. The molecule has 0 aliphatic carbocycles. The van der Waals surface area contributed by atoms with Crippen molar-refractivity contribution in [2.75, 3.05) is 49.2 Å². The van der Waals surface area contributed by atoms with Crippen LogP contribution in [-0.2, 0) is 11.3 Å². The maximum Gasteiger partial charge on any atom is 0.266 e. The van der Waals surface area contributed by atoms with Gasteiger partial charge >= 0.3 is 0 Å². The first-order chi connectivity index (χ1) is 16.1. The van der Waals surface area contributed by atoms with Crippen molar-refractivity contribution in [3.05, 3.63) is 46.4 Å². The van der Waals surface area contributed by atoms with Crippen LogP contribution in [0.2, 0.25) is 0 Å². The second kappa shape index (κ2) is 9.40. The average molecular weight is 452 g/mol. The smallest absolute Gasteiger partial charge is 0.266 e. The Hall–Kier alpha value is -3.11. The molecule has 1 unspecified atom stereocenters. The molecule has 2 aliphatic rings. The number of fused-ring (bicyclic) bond motifs is 1. The van der Waals surface area contributed by atoms with E-state index < -0.39 is 6.10 Å². The molecule has 2 atom stereocenters. The molecule has 4 heterocycles. The molecule has 0 amide bonds. The lowest BCUT2D eigenvalue weighted by Crippen LogP contribution is -2.39. The molecule has 2 aliphatic heterocycles. The first-order valence-corrected chi connectivity index (χ1v) is 11.6. The Morgan fingerprint density at radius 1 is 1.12 bits per heavy atom. The molecule has 2 fully saturated rings. The van der Waals surface area contributed by atoms with Gasteiger partial charge in [-0.2, -0.15) is 5.10 Å². The predicted octanol–water partition coefficient (Wildman–Crippen LogP) is 1.39. The summed E-state index contributed by atoms with van der Waals surface area (Å²) in [7, 11) is 0. The number of benzene rings is 1. The largest absolute Gasteiger partial charge is 0.386 e. The van der Waals surface area contributed by atoms with Gasteiger partial charge in [0.15, 0.2) is 5.82 Å². The van der Waals surface area contributed by atoms with Crippen molar-refractivity contribution in [1.82, 2.24) is 25.2 Å². The molecule has 174 valence electrons. The standard InChI is InChI=1S/C23H29N7O3/c1-2-30-21(31)8-7-19(26-30)22(32)16-4-3-9-29(15-16)23-18-6-5-17(14-20(18)24-27-25-23)28-10-12-33-13-11-28/h5-8,14,16,22,32H,2-4,9-13,15H2,1H3/t16-,22?/m0/s1. The molecule has 2 saturated heterocycles. The molecule has 5 rings (SSSR count). The third-order valence-corrected chi connectivity index (χ3v) is 6.58. The van der Waals surface area contributed by atoms with E-state index in [1.165, 1.54) is 10.7 Å². The minimum atomic E-state index is -0.750. The van der Waals surface area contributed by atoms with Gasteiger partial charge in [-0.25, -0.2) is 4.68 Å². The Labute approximate surface area is 191 Å². The van der Waals surface area contributed by atoms with Gasteiger partial charge in [-0.05, 0) is 49.2 Å². The van der Waals surface area contributed by atoms with Crippen molar-refractivity contribution < 1.29 is 9.84 Å². The van der Waals surface area contributed by atoms with Crippen LogP contribution < -0.4 is 15.4 Å². The molecule has 2 aromatic heterocycles. The summed E-state index contributed by atoms with van der Waals surface area (Å²) in [5, 5.41) is 29.0. The first-order valence-electron chi connectivity index (χ1n) is 11.6. The Morgan fingerprint density at radius 2 is 1.97 bits per heavy atom. The third-order valence-electron chi connectivity index (χ3n) is 6.58. The van der Waals surface area contributed by atoms with E-state index in [-0.39, 0.29) is 11.5 Å². The lowest BCUT2D eigenvalue weighted by Gasteiger charge is -2.35. The van der Waals surface area contributed by atoms with E-state index in [9.17, 15) is 9.90 Å². The molecule has 33 heavy (non-hydrogen) atoms. The second-order valence-corrected chi connectivity index (χ2v) is 8.62. The van der Waals surface area contributed by atoms with E-state index in [1.54, 1.807) is 6.07 Å². The molecule has 0 saturated carbocycles. The first kappa shape index (κ1) is 21.7. The summed E-state index contributed by atoms with van der Waals surface area (Å²) in [5.74, 6) is 0.767. The van der Waals surface area contributed by atoms with Gasteiger partial charge in [0.1, 0.15) is 11.6 Å². The molecule has 0 bridgehead atoms. The summed E-state index contributed by atoms with van der Waals surface area (Å²) in [6, 6.07) is 9.34. The Kier molecular flexibility index (Phi) is 6.19. The van der Waals surface area contributed by atoms with Gasteiger partial charge in [0.2, 0.25) is 0 Å². The van der Waals surface area contributed by atoms with E-state index in [0.717, 1.165) is 68.1 Å². The molecule has 10 heteroatoms. The molecule has 0 radical (unpaired) electrons. The molecule has 3 aromatic rings. The van der Waals surface area contributed by atoms with Crippen LogP contribution in [-0.4, -0.2) is 69.7 Å². The summed E-state index contributed by atoms with van der Waals surface area (Å²) in [6.07, 6.45) is 1.05. The summed E-state index contributed by atoms with van der Waals surface area (Å²) in [5.41, 5.74) is 2.29. The Balaban J connectivity index is 1.38. The highest BCUT2D eigenvalue weighted by atomic mass is 16.5. The van der Waals surface area contributed by atoms with Gasteiger partial charge in [0, 0.05) is 55.8 Å². The van der Waals surface area contributed by atoms with E-state index in [1.807, 2.05) is 6.92 Å². The highest BCUT2D eigenvalue weighted by molar-refractivity contribution is 5.91. The van der Waals surface area contributed by atoms with Gasteiger partial charge in [-0.3, -0.25) is 4.79 Å². The van der Waals surface area contributed by atoms with Crippen LogP contribution >= 0.6 is 0 Å². The minimum absolute atomic E-state index is 0.0216. The summed E-state index contributed by atoms with van der Waals surface area (Å²) < 4.78 is 6.84. The third kappa shape index (κ3) is 4.40. The number of aliphatic hydroxyl groups is 1.